The maximum Gasteiger partial charge on any atom is 0.242 e. The van der Waals surface area contributed by atoms with Crippen LogP contribution in [0.15, 0.2) is 46.3 Å². The molecule has 176 valence electrons. The van der Waals surface area contributed by atoms with Crippen molar-refractivity contribution >= 4 is 40.0 Å². The molecule has 0 saturated carbocycles. The summed E-state index contributed by atoms with van der Waals surface area (Å²) >= 11 is 0. The van der Waals surface area contributed by atoms with Gasteiger partial charge in [0.1, 0.15) is 0 Å². The molecule has 0 saturated heterocycles. The van der Waals surface area contributed by atoms with Crippen LogP contribution in [0.25, 0.3) is 0 Å². The summed E-state index contributed by atoms with van der Waals surface area (Å²) < 4.78 is 37.4. The fourth-order valence-corrected chi connectivity index (χ4v) is 4.78. The molecule has 1 aliphatic heterocycles. The molecule has 8 nitrogen and oxygen atoms in total. The summed E-state index contributed by atoms with van der Waals surface area (Å²) in [5.74, 6) is 2.15. The SMILES string of the molecule is CN=C(NCc1ccccc1S(=O)(=O)N(C)C)N1CCc2cc(OC)c(OC)cc2C1.I. The molecule has 0 bridgehead atoms. The zero-order chi connectivity index (χ0) is 22.6. The van der Waals surface area contributed by atoms with Crippen LogP contribution in [0.1, 0.15) is 16.7 Å². The van der Waals surface area contributed by atoms with Gasteiger partial charge >= 0.3 is 0 Å². The standard InChI is InChI=1S/C22H30N4O4S.HI/c1-23-22(24-14-17-8-6-7-9-21(17)31(27,28)25(2)3)26-11-10-16-12-19(29-4)20(30-5)13-18(16)15-26;/h6-9,12-13H,10-11,14-15H2,1-5H3,(H,23,24);1H. The number of halogens is 1. The lowest BCUT2D eigenvalue weighted by molar-refractivity contribution is 0.346. The molecule has 1 heterocycles. The number of methoxy groups -OCH3 is 2. The van der Waals surface area contributed by atoms with E-state index in [0.717, 1.165) is 30.2 Å². The molecular weight excluding hydrogens is 543 g/mol. The van der Waals surface area contributed by atoms with E-state index in [1.165, 1.54) is 24.0 Å². The lowest BCUT2D eigenvalue weighted by Gasteiger charge is -2.32. The third-order valence-corrected chi connectivity index (χ3v) is 7.31. The Morgan fingerprint density at radius 1 is 1.12 bits per heavy atom. The molecule has 0 unspecified atom stereocenters. The van der Waals surface area contributed by atoms with Crippen LogP contribution in [0.3, 0.4) is 0 Å². The van der Waals surface area contributed by atoms with Crippen LogP contribution in [0.2, 0.25) is 0 Å². The van der Waals surface area contributed by atoms with Gasteiger partial charge in [0, 0.05) is 40.8 Å². The van der Waals surface area contributed by atoms with Crippen LogP contribution in [0.4, 0.5) is 0 Å². The molecule has 3 rings (SSSR count). The van der Waals surface area contributed by atoms with Crippen LogP contribution in [0.5, 0.6) is 11.5 Å². The van der Waals surface area contributed by atoms with Crippen molar-refractivity contribution < 1.29 is 17.9 Å². The molecule has 0 spiro atoms. The average molecular weight is 574 g/mol. The number of nitrogens with zero attached hydrogens (tertiary/aromatic N) is 3. The van der Waals surface area contributed by atoms with Crippen molar-refractivity contribution in [1.82, 2.24) is 14.5 Å². The summed E-state index contributed by atoms with van der Waals surface area (Å²) in [6.07, 6.45) is 0.849. The normalized spacial score (nSPS) is 13.9. The third-order valence-electron chi connectivity index (χ3n) is 5.40. The van der Waals surface area contributed by atoms with Crippen molar-refractivity contribution in [3.05, 3.63) is 53.1 Å². The molecule has 2 aromatic rings. The first-order valence-electron chi connectivity index (χ1n) is 10.0. The Morgan fingerprint density at radius 2 is 1.75 bits per heavy atom. The van der Waals surface area contributed by atoms with Crippen LogP contribution in [-0.2, 0) is 29.5 Å². The van der Waals surface area contributed by atoms with Crippen molar-refractivity contribution in [2.45, 2.75) is 24.4 Å². The van der Waals surface area contributed by atoms with Crippen LogP contribution >= 0.6 is 24.0 Å². The summed E-state index contributed by atoms with van der Waals surface area (Å²) in [4.78, 5) is 6.86. The molecule has 1 N–H and O–H groups in total. The first-order valence-corrected chi connectivity index (χ1v) is 11.5. The van der Waals surface area contributed by atoms with Crippen LogP contribution in [0, 0.1) is 0 Å². The van der Waals surface area contributed by atoms with Crippen LogP contribution < -0.4 is 14.8 Å². The van der Waals surface area contributed by atoms with E-state index in [1.807, 2.05) is 24.3 Å². The number of aliphatic imine (C=N–C) groups is 1. The fourth-order valence-electron chi connectivity index (χ4n) is 3.67. The number of nitrogens with one attached hydrogen (secondary N) is 1. The Labute approximate surface area is 207 Å². The predicted octanol–water partition coefficient (Wildman–Crippen LogP) is 2.71. The quantitative estimate of drug-likeness (QED) is 0.325. The van der Waals surface area contributed by atoms with Gasteiger partial charge in [0.2, 0.25) is 10.0 Å². The van der Waals surface area contributed by atoms with Crippen LogP contribution in [-0.4, -0.2) is 65.5 Å². The van der Waals surface area contributed by atoms with Gasteiger partial charge in [-0.05, 0) is 41.3 Å². The van der Waals surface area contributed by atoms with E-state index in [-0.39, 0.29) is 24.0 Å². The molecule has 0 fully saturated rings. The summed E-state index contributed by atoms with van der Waals surface area (Å²) in [7, 11) is 4.54. The van der Waals surface area contributed by atoms with Crippen molar-refractivity contribution in [2.75, 3.05) is 41.9 Å². The second kappa shape index (κ2) is 11.2. The first-order chi connectivity index (χ1) is 14.8. The summed E-state index contributed by atoms with van der Waals surface area (Å²) in [6.45, 7) is 1.82. The molecule has 0 radical (unpaired) electrons. The Balaban J connectivity index is 0.00000363. The van der Waals surface area contributed by atoms with Gasteiger partial charge in [0.25, 0.3) is 0 Å². The summed E-state index contributed by atoms with van der Waals surface area (Å²) in [5, 5.41) is 3.33. The van der Waals surface area contributed by atoms with Gasteiger partial charge < -0.3 is 19.7 Å². The fraction of sp³-hybridized carbons (Fsp3) is 0.409. The monoisotopic (exact) mass is 574 g/mol. The third kappa shape index (κ3) is 5.46. The Kier molecular flexibility index (Phi) is 9.17. The van der Waals surface area contributed by atoms with Gasteiger partial charge in [-0.1, -0.05) is 18.2 Å². The molecule has 32 heavy (non-hydrogen) atoms. The number of rotatable bonds is 6. The topological polar surface area (TPSA) is 83.5 Å². The van der Waals surface area contributed by atoms with E-state index in [0.29, 0.717) is 29.3 Å². The largest absolute Gasteiger partial charge is 0.493 e. The van der Waals surface area contributed by atoms with E-state index >= 15 is 0 Å². The highest BCUT2D eigenvalue weighted by Gasteiger charge is 2.23. The molecule has 0 amide bonds. The van der Waals surface area contributed by atoms with E-state index < -0.39 is 10.0 Å². The number of guanidine groups is 1. The molecule has 10 heteroatoms. The second-order valence-corrected chi connectivity index (χ2v) is 9.56. The Bertz CT molecular complexity index is 1070. The smallest absolute Gasteiger partial charge is 0.242 e. The van der Waals surface area contributed by atoms with Crippen molar-refractivity contribution in [3.8, 4) is 11.5 Å². The van der Waals surface area contributed by atoms with Crippen molar-refractivity contribution in [3.63, 3.8) is 0 Å². The van der Waals surface area contributed by atoms with E-state index in [9.17, 15) is 8.42 Å². The first kappa shape index (κ1) is 26.2. The Hall–Kier alpha value is -2.05. The Morgan fingerprint density at radius 3 is 2.34 bits per heavy atom. The van der Waals surface area contributed by atoms with E-state index in [4.69, 9.17) is 9.47 Å². The number of ether oxygens (including phenoxy) is 2. The maximum absolute atomic E-state index is 12.7. The highest BCUT2D eigenvalue weighted by Crippen LogP contribution is 2.33. The number of benzene rings is 2. The minimum Gasteiger partial charge on any atom is -0.493 e. The summed E-state index contributed by atoms with van der Waals surface area (Å²) in [6, 6.07) is 11.1. The molecule has 0 aliphatic carbocycles. The number of fused-ring (bicyclic) bond motifs is 1. The van der Waals surface area contributed by atoms with Crippen molar-refractivity contribution in [1.29, 1.82) is 0 Å². The predicted molar refractivity (Wildman–Crippen MR) is 137 cm³/mol. The highest BCUT2D eigenvalue weighted by molar-refractivity contribution is 14.0. The maximum atomic E-state index is 12.7. The van der Waals surface area contributed by atoms with Gasteiger partial charge in [-0.2, -0.15) is 0 Å². The lowest BCUT2D eigenvalue weighted by atomic mass is 9.99. The molecule has 0 aromatic heterocycles. The molecule has 1 aliphatic rings. The lowest BCUT2D eigenvalue weighted by Crippen LogP contribution is -2.43. The average Bonchev–Trinajstić information content (AvgIpc) is 2.78. The van der Waals surface area contributed by atoms with E-state index in [1.54, 1.807) is 33.4 Å². The molecule has 2 aromatic carbocycles. The number of hydrogen-bond acceptors (Lipinski definition) is 5. The van der Waals surface area contributed by atoms with Gasteiger partial charge in [-0.15, -0.1) is 24.0 Å². The molecular formula is C22H31IN4O4S. The van der Waals surface area contributed by atoms with Gasteiger partial charge in [0.15, 0.2) is 17.5 Å². The minimum atomic E-state index is -3.53. The van der Waals surface area contributed by atoms with Gasteiger partial charge in [-0.3, -0.25) is 4.99 Å². The molecule has 0 atom stereocenters. The van der Waals surface area contributed by atoms with Gasteiger partial charge in [0.05, 0.1) is 19.1 Å². The number of hydrogen-bond donors (Lipinski definition) is 1. The minimum absolute atomic E-state index is 0. The highest BCUT2D eigenvalue weighted by atomic mass is 127. The zero-order valence-corrected chi connectivity index (χ0v) is 22.2. The van der Waals surface area contributed by atoms with Gasteiger partial charge in [-0.25, -0.2) is 12.7 Å². The van der Waals surface area contributed by atoms with Crippen molar-refractivity contribution in [2.24, 2.45) is 4.99 Å². The number of sulfonamides is 1. The van der Waals surface area contributed by atoms with E-state index in [2.05, 4.69) is 15.2 Å². The summed E-state index contributed by atoms with van der Waals surface area (Å²) in [5.41, 5.74) is 3.08. The zero-order valence-electron chi connectivity index (χ0n) is 19.1. The second-order valence-electron chi connectivity index (χ2n) is 7.44.